The van der Waals surface area contributed by atoms with Crippen molar-refractivity contribution in [3.63, 3.8) is 0 Å². The van der Waals surface area contributed by atoms with Gasteiger partial charge in [-0.2, -0.15) is 0 Å². The number of nitrogens with one attached hydrogen (secondary N) is 2. The first-order valence-corrected chi connectivity index (χ1v) is 18.7. The number of nitrogens with zero attached hydrogens (tertiary/aromatic N) is 6. The molecule has 10 rings (SSSR count). The number of benzene rings is 2. The quantitative estimate of drug-likeness (QED) is 0.171. The van der Waals surface area contributed by atoms with Gasteiger partial charge in [-0.3, -0.25) is 9.59 Å². The summed E-state index contributed by atoms with van der Waals surface area (Å²) in [6.45, 7) is 1.46. The Kier molecular flexibility index (Phi) is 8.40. The van der Waals surface area contributed by atoms with Crippen LogP contribution in [-0.4, -0.2) is 51.4 Å². The number of imidazole rings is 2. The number of hydrogen-bond donors (Lipinski definition) is 2. The van der Waals surface area contributed by atoms with Crippen LogP contribution in [0.4, 0.5) is 0 Å². The molecule has 2 fully saturated rings. The van der Waals surface area contributed by atoms with Crippen molar-refractivity contribution in [1.82, 2.24) is 38.2 Å². The number of H-pyrrole nitrogens is 2. The molecule has 0 unspecified atom stereocenters. The van der Waals surface area contributed by atoms with Crippen LogP contribution < -0.4 is 20.6 Å². The summed E-state index contributed by atoms with van der Waals surface area (Å²) < 4.78 is 19.8. The molecular weight excluding hydrogens is 681 g/mol. The number of pyridine rings is 2. The molecule has 0 amide bonds. The molecule has 54 heavy (non-hydrogen) atoms. The van der Waals surface area contributed by atoms with E-state index in [-0.39, 0.29) is 11.1 Å². The lowest BCUT2D eigenvalue weighted by atomic mass is 9.86. The molecule has 6 heterocycles. The summed E-state index contributed by atoms with van der Waals surface area (Å²) in [4.78, 5) is 40.0. The lowest BCUT2D eigenvalue weighted by Crippen LogP contribution is -2.19. The number of aromatic amines is 2. The van der Waals surface area contributed by atoms with Crippen LogP contribution in [0, 0.1) is 11.8 Å². The zero-order valence-electron chi connectivity index (χ0n) is 31.1. The van der Waals surface area contributed by atoms with Gasteiger partial charge in [0.15, 0.2) is 0 Å². The second-order valence-corrected chi connectivity index (χ2v) is 15.1. The highest BCUT2D eigenvalue weighted by molar-refractivity contribution is 5.99. The summed E-state index contributed by atoms with van der Waals surface area (Å²) in [6.07, 6.45) is 18.6. The minimum Gasteiger partial charge on any atom is -0.493 e. The maximum atomic E-state index is 12.4. The minimum absolute atomic E-state index is 0.0303. The molecule has 2 aliphatic rings. The van der Waals surface area contributed by atoms with E-state index in [9.17, 15) is 9.59 Å². The van der Waals surface area contributed by atoms with E-state index >= 15 is 0 Å². The first-order chi connectivity index (χ1) is 26.2. The fourth-order valence-corrected chi connectivity index (χ4v) is 7.67. The van der Waals surface area contributed by atoms with Crippen LogP contribution in [0.5, 0.6) is 11.5 Å². The number of fused-ring (bicyclic) bond motifs is 4. The summed E-state index contributed by atoms with van der Waals surface area (Å²) in [7, 11) is 7.53. The molecule has 12 heteroatoms. The zero-order valence-corrected chi connectivity index (χ0v) is 31.1. The third-order valence-corrected chi connectivity index (χ3v) is 11.4. The van der Waals surface area contributed by atoms with E-state index in [1.165, 1.54) is 38.5 Å². The Hall–Kier alpha value is -6.04. The van der Waals surface area contributed by atoms with Crippen molar-refractivity contribution in [3.8, 4) is 33.8 Å². The van der Waals surface area contributed by atoms with Crippen molar-refractivity contribution in [3.05, 3.63) is 94.5 Å². The highest BCUT2D eigenvalue weighted by atomic mass is 16.5. The second-order valence-electron chi connectivity index (χ2n) is 15.1. The summed E-state index contributed by atoms with van der Waals surface area (Å²) in [5, 5.41) is 1.81. The molecule has 2 aromatic carbocycles. The van der Waals surface area contributed by atoms with Gasteiger partial charge in [0, 0.05) is 98.1 Å². The molecule has 0 aliphatic heterocycles. The van der Waals surface area contributed by atoms with Crippen LogP contribution in [0.25, 0.3) is 66.1 Å². The molecule has 0 spiro atoms. The van der Waals surface area contributed by atoms with Crippen LogP contribution in [0.15, 0.2) is 83.4 Å². The molecule has 2 aliphatic carbocycles. The Bertz CT molecular complexity index is 2800. The largest absolute Gasteiger partial charge is 0.493 e. The number of hydrogen-bond acceptors (Lipinski definition) is 6. The molecule has 0 saturated heterocycles. The number of aryl methyl sites for hydroxylation is 4. The van der Waals surface area contributed by atoms with Crippen molar-refractivity contribution in [2.75, 3.05) is 13.2 Å². The van der Waals surface area contributed by atoms with Crippen LogP contribution in [-0.2, 0) is 28.2 Å². The molecule has 12 nitrogen and oxygen atoms in total. The SMILES string of the molecule is Cn1cc(-c2cc3c(cc2OCC2CCC2)ncn3C)c2cc[nH]c2c1=O.Cn1cc(-c2cc3ncn(C)c3cc2OCC2CCC2)c2cc[nH]c2c1=O. The number of ether oxygens (including phenoxy) is 2. The summed E-state index contributed by atoms with van der Waals surface area (Å²) >= 11 is 0. The van der Waals surface area contributed by atoms with Crippen LogP contribution in [0.2, 0.25) is 0 Å². The lowest BCUT2D eigenvalue weighted by molar-refractivity contribution is 0.181. The van der Waals surface area contributed by atoms with Gasteiger partial charge in [0.05, 0.1) is 47.9 Å². The molecule has 0 radical (unpaired) electrons. The van der Waals surface area contributed by atoms with Crippen LogP contribution in [0.3, 0.4) is 0 Å². The van der Waals surface area contributed by atoms with Crippen molar-refractivity contribution < 1.29 is 9.47 Å². The molecular formula is C42H44N8O4. The van der Waals surface area contributed by atoms with Gasteiger partial charge in [-0.1, -0.05) is 12.8 Å². The smallest absolute Gasteiger partial charge is 0.274 e. The van der Waals surface area contributed by atoms with E-state index in [2.05, 4.69) is 38.1 Å². The topological polar surface area (TPSA) is 130 Å². The Morgan fingerprint density at radius 1 is 0.611 bits per heavy atom. The van der Waals surface area contributed by atoms with Gasteiger partial charge in [-0.25, -0.2) is 9.97 Å². The minimum atomic E-state index is -0.0328. The maximum absolute atomic E-state index is 12.4. The summed E-state index contributed by atoms with van der Waals surface area (Å²) in [5.74, 6) is 2.96. The van der Waals surface area contributed by atoms with Gasteiger partial charge in [0.1, 0.15) is 22.5 Å². The molecule has 8 aromatic rings. The Labute approximate surface area is 311 Å². The van der Waals surface area contributed by atoms with Crippen LogP contribution >= 0.6 is 0 Å². The van der Waals surface area contributed by atoms with E-state index < -0.39 is 0 Å². The van der Waals surface area contributed by atoms with E-state index in [0.29, 0.717) is 22.9 Å². The number of rotatable bonds is 8. The number of aromatic nitrogens is 8. The lowest BCUT2D eigenvalue weighted by Gasteiger charge is -2.26. The van der Waals surface area contributed by atoms with Crippen LogP contribution in [0.1, 0.15) is 38.5 Å². The third-order valence-electron chi connectivity index (χ3n) is 11.4. The van der Waals surface area contributed by atoms with E-state index in [1.54, 1.807) is 23.2 Å². The highest BCUT2D eigenvalue weighted by Gasteiger charge is 2.23. The standard InChI is InChI=1S/2C21H22N4O2/c1-24-10-16(14-6-7-22-20(14)21(24)26)15-8-18-17(23-12-25(18)2)9-19(15)27-11-13-4-3-5-13;1-24-10-16(14-6-7-22-20(14)21(24)26)15-8-17-18(25(2)12-23-17)9-19(15)27-11-13-4-3-5-13/h2*6-10,12-13,22H,3-5,11H2,1-2H3. The predicted molar refractivity (Wildman–Crippen MR) is 212 cm³/mol. The first-order valence-electron chi connectivity index (χ1n) is 18.7. The fraction of sp³-hybridized carbons (Fsp3) is 0.333. The average Bonchev–Trinajstić information content (AvgIpc) is 3.95. The van der Waals surface area contributed by atoms with Gasteiger partial charge in [-0.15, -0.1) is 0 Å². The van der Waals surface area contributed by atoms with E-state index in [0.717, 1.165) is 79.8 Å². The van der Waals surface area contributed by atoms with Gasteiger partial charge in [0.2, 0.25) is 0 Å². The monoisotopic (exact) mass is 724 g/mol. The molecule has 2 saturated carbocycles. The van der Waals surface area contributed by atoms with E-state index in [4.69, 9.17) is 9.47 Å². The molecule has 276 valence electrons. The first kappa shape index (κ1) is 33.8. The molecule has 6 aromatic heterocycles. The van der Waals surface area contributed by atoms with Gasteiger partial charge in [-0.05, 0) is 61.8 Å². The van der Waals surface area contributed by atoms with Gasteiger partial charge >= 0.3 is 0 Å². The Balaban J connectivity index is 0.000000142. The second kappa shape index (κ2) is 13.4. The Morgan fingerprint density at radius 3 is 1.57 bits per heavy atom. The summed E-state index contributed by atoms with van der Waals surface area (Å²) in [5.41, 5.74) is 9.01. The highest BCUT2D eigenvalue weighted by Crippen LogP contribution is 2.40. The predicted octanol–water partition coefficient (Wildman–Crippen LogP) is 7.20. The Morgan fingerprint density at radius 2 is 1.07 bits per heavy atom. The molecule has 0 bridgehead atoms. The fourth-order valence-electron chi connectivity index (χ4n) is 7.67. The van der Waals surface area contributed by atoms with Crippen molar-refractivity contribution >= 4 is 43.9 Å². The zero-order chi connectivity index (χ0) is 37.1. The van der Waals surface area contributed by atoms with Crippen molar-refractivity contribution in [2.45, 2.75) is 38.5 Å². The molecule has 0 atom stereocenters. The summed E-state index contributed by atoms with van der Waals surface area (Å²) in [6, 6.07) is 12.2. The van der Waals surface area contributed by atoms with Crippen molar-refractivity contribution in [1.29, 1.82) is 0 Å². The maximum Gasteiger partial charge on any atom is 0.274 e. The van der Waals surface area contributed by atoms with Crippen molar-refractivity contribution in [2.24, 2.45) is 40.0 Å². The third kappa shape index (κ3) is 5.86. The normalized spacial score (nSPS) is 14.7. The van der Waals surface area contributed by atoms with Gasteiger partial charge in [0.25, 0.3) is 11.1 Å². The average molecular weight is 725 g/mol. The van der Waals surface area contributed by atoms with E-state index in [1.807, 2.05) is 78.9 Å². The molecule has 2 N–H and O–H groups in total. The van der Waals surface area contributed by atoms with Gasteiger partial charge < -0.3 is 37.7 Å².